The van der Waals surface area contributed by atoms with Gasteiger partial charge >= 0.3 is 0 Å². The molecule has 0 aliphatic carbocycles. The molecule has 1 aromatic heterocycles. The Bertz CT molecular complexity index is 335. The molecule has 14 heavy (non-hydrogen) atoms. The molecule has 4 nitrogen and oxygen atoms in total. The molecule has 76 valence electrons. The summed E-state index contributed by atoms with van der Waals surface area (Å²) in [5, 5.41) is 3.98. The van der Waals surface area contributed by atoms with Crippen LogP contribution in [0.1, 0.15) is 31.5 Å². The highest BCUT2D eigenvalue weighted by atomic mass is 16.5. The van der Waals surface area contributed by atoms with E-state index in [0.29, 0.717) is 0 Å². The summed E-state index contributed by atoms with van der Waals surface area (Å²) >= 11 is 0. The molecular formula is C10H15N3O. The Balaban J connectivity index is 1.87. The van der Waals surface area contributed by atoms with E-state index in [0.717, 1.165) is 31.2 Å². The van der Waals surface area contributed by atoms with E-state index in [-0.39, 0.29) is 5.41 Å². The first-order valence-corrected chi connectivity index (χ1v) is 5.38. The molecule has 0 amide bonds. The number of nitrogens with zero attached hydrogens (tertiary/aromatic N) is 3. The van der Waals surface area contributed by atoms with Crippen molar-refractivity contribution in [2.24, 2.45) is 0 Å². The number of hydrogen-bond acceptors (Lipinski definition) is 4. The third kappa shape index (κ3) is 1.03. The fraction of sp³-hybridized carbons (Fsp3) is 0.800. The minimum absolute atomic E-state index is 0.221. The van der Waals surface area contributed by atoms with E-state index in [1.54, 1.807) is 0 Å². The van der Waals surface area contributed by atoms with E-state index in [1.165, 1.54) is 19.4 Å². The van der Waals surface area contributed by atoms with Crippen molar-refractivity contribution >= 4 is 0 Å². The summed E-state index contributed by atoms with van der Waals surface area (Å²) in [6, 6.07) is 0. The molecule has 0 atom stereocenters. The summed E-state index contributed by atoms with van der Waals surface area (Å²) in [5.74, 6) is 1.73. The van der Waals surface area contributed by atoms with Crippen molar-refractivity contribution in [2.75, 3.05) is 19.6 Å². The number of aromatic nitrogens is 2. The van der Waals surface area contributed by atoms with Gasteiger partial charge in [-0.25, -0.2) is 0 Å². The molecule has 0 N–H and O–H groups in total. The Hall–Kier alpha value is -0.900. The molecule has 1 aromatic rings. The predicted molar refractivity (Wildman–Crippen MR) is 51.0 cm³/mol. The van der Waals surface area contributed by atoms with Gasteiger partial charge in [-0.3, -0.25) is 0 Å². The van der Waals surface area contributed by atoms with Crippen LogP contribution in [0, 0.1) is 0 Å². The van der Waals surface area contributed by atoms with Crippen LogP contribution in [0.25, 0.3) is 0 Å². The standard InChI is InChI=1S/C10H15N3O/c1-2-8-11-9(14-12-8)10-4-3-5-13(6-10)7-10/h2-7H2,1H3. The Morgan fingerprint density at radius 1 is 1.50 bits per heavy atom. The highest BCUT2D eigenvalue weighted by molar-refractivity contribution is 5.16. The van der Waals surface area contributed by atoms with Gasteiger partial charge in [-0.15, -0.1) is 0 Å². The predicted octanol–water partition coefficient (Wildman–Crippen LogP) is 0.979. The second kappa shape index (κ2) is 2.79. The maximum Gasteiger partial charge on any atom is 0.235 e. The van der Waals surface area contributed by atoms with Gasteiger partial charge in [0.25, 0.3) is 0 Å². The van der Waals surface area contributed by atoms with Crippen molar-refractivity contribution in [1.82, 2.24) is 15.0 Å². The smallest absolute Gasteiger partial charge is 0.235 e. The molecular weight excluding hydrogens is 178 g/mol. The summed E-state index contributed by atoms with van der Waals surface area (Å²) in [5.41, 5.74) is 0.221. The first kappa shape index (κ1) is 8.41. The summed E-state index contributed by atoms with van der Waals surface area (Å²) in [7, 11) is 0. The molecule has 0 radical (unpaired) electrons. The van der Waals surface area contributed by atoms with Crippen LogP contribution < -0.4 is 0 Å². The molecule has 3 saturated heterocycles. The Morgan fingerprint density at radius 3 is 2.93 bits per heavy atom. The molecule has 0 unspecified atom stereocenters. The largest absolute Gasteiger partial charge is 0.339 e. The first-order valence-electron chi connectivity index (χ1n) is 5.38. The zero-order valence-corrected chi connectivity index (χ0v) is 8.49. The molecule has 0 saturated carbocycles. The molecule has 3 aliphatic heterocycles. The lowest BCUT2D eigenvalue weighted by molar-refractivity contribution is -0.00680. The third-order valence-electron chi connectivity index (χ3n) is 3.42. The number of rotatable bonds is 2. The lowest BCUT2D eigenvalue weighted by Crippen LogP contribution is -2.63. The van der Waals surface area contributed by atoms with E-state index in [9.17, 15) is 0 Å². The van der Waals surface area contributed by atoms with Gasteiger partial charge in [0.1, 0.15) is 0 Å². The van der Waals surface area contributed by atoms with E-state index in [4.69, 9.17) is 4.52 Å². The van der Waals surface area contributed by atoms with Crippen LogP contribution >= 0.6 is 0 Å². The molecule has 4 rings (SSSR count). The molecule has 2 bridgehead atoms. The molecule has 3 aliphatic rings. The molecule has 3 fully saturated rings. The van der Waals surface area contributed by atoms with E-state index >= 15 is 0 Å². The van der Waals surface area contributed by atoms with Crippen molar-refractivity contribution in [1.29, 1.82) is 0 Å². The molecule has 4 heteroatoms. The van der Waals surface area contributed by atoms with Crippen molar-refractivity contribution in [3.63, 3.8) is 0 Å². The summed E-state index contributed by atoms with van der Waals surface area (Å²) < 4.78 is 5.35. The van der Waals surface area contributed by atoms with E-state index in [2.05, 4.69) is 22.0 Å². The van der Waals surface area contributed by atoms with Gasteiger partial charge in [0.05, 0.1) is 5.41 Å². The summed E-state index contributed by atoms with van der Waals surface area (Å²) in [4.78, 5) is 6.92. The third-order valence-corrected chi connectivity index (χ3v) is 3.42. The monoisotopic (exact) mass is 193 g/mol. The van der Waals surface area contributed by atoms with E-state index in [1.807, 2.05) is 0 Å². The minimum atomic E-state index is 0.221. The molecule has 0 spiro atoms. The molecule has 4 heterocycles. The number of hydrogen-bond donors (Lipinski definition) is 0. The Labute approximate surface area is 83.3 Å². The second-order valence-electron chi connectivity index (χ2n) is 4.46. The van der Waals surface area contributed by atoms with Gasteiger partial charge in [-0.1, -0.05) is 12.1 Å². The Kier molecular flexibility index (Phi) is 1.68. The van der Waals surface area contributed by atoms with Crippen molar-refractivity contribution < 1.29 is 4.52 Å². The summed E-state index contributed by atoms with van der Waals surface area (Å²) in [6.45, 7) is 5.55. The molecule has 0 aromatic carbocycles. The lowest BCUT2D eigenvalue weighted by Gasteiger charge is -2.52. The Morgan fingerprint density at radius 2 is 2.36 bits per heavy atom. The topological polar surface area (TPSA) is 42.2 Å². The van der Waals surface area contributed by atoms with Crippen molar-refractivity contribution in [3.8, 4) is 0 Å². The van der Waals surface area contributed by atoms with Gasteiger partial charge < -0.3 is 9.42 Å². The fourth-order valence-electron chi connectivity index (χ4n) is 2.62. The van der Waals surface area contributed by atoms with Gasteiger partial charge in [-0.2, -0.15) is 4.98 Å². The maximum absolute atomic E-state index is 5.35. The van der Waals surface area contributed by atoms with Gasteiger partial charge in [0.2, 0.25) is 5.89 Å². The summed E-state index contributed by atoms with van der Waals surface area (Å²) in [6.07, 6.45) is 3.35. The van der Waals surface area contributed by atoms with Crippen LogP contribution in [0.2, 0.25) is 0 Å². The van der Waals surface area contributed by atoms with Crippen LogP contribution in [0.15, 0.2) is 4.52 Å². The van der Waals surface area contributed by atoms with Gasteiger partial charge in [0, 0.05) is 19.5 Å². The lowest BCUT2D eigenvalue weighted by atomic mass is 9.72. The van der Waals surface area contributed by atoms with Crippen molar-refractivity contribution in [3.05, 3.63) is 11.7 Å². The number of aryl methyl sites for hydroxylation is 1. The van der Waals surface area contributed by atoms with Crippen LogP contribution in [-0.2, 0) is 11.8 Å². The first-order chi connectivity index (χ1) is 6.82. The maximum atomic E-state index is 5.35. The minimum Gasteiger partial charge on any atom is -0.339 e. The number of piperidine rings is 2. The average molecular weight is 193 g/mol. The SMILES string of the molecule is CCc1noc(C23CCCN(C2)C3)n1. The number of fused-ring (bicyclic) bond motifs is 2. The zero-order valence-electron chi connectivity index (χ0n) is 8.49. The zero-order chi connectivity index (χ0) is 9.60. The van der Waals surface area contributed by atoms with Crippen molar-refractivity contribution in [2.45, 2.75) is 31.6 Å². The normalized spacial score (nSPS) is 35.4. The van der Waals surface area contributed by atoms with Crippen LogP contribution in [0.4, 0.5) is 0 Å². The highest BCUT2D eigenvalue weighted by Crippen LogP contribution is 2.41. The van der Waals surface area contributed by atoms with Gasteiger partial charge in [0.15, 0.2) is 5.82 Å². The fourth-order valence-corrected chi connectivity index (χ4v) is 2.62. The average Bonchev–Trinajstić information content (AvgIpc) is 2.66. The van der Waals surface area contributed by atoms with Crippen LogP contribution in [-0.4, -0.2) is 34.7 Å². The van der Waals surface area contributed by atoms with Crippen LogP contribution in [0.5, 0.6) is 0 Å². The highest BCUT2D eigenvalue weighted by Gasteiger charge is 2.50. The second-order valence-corrected chi connectivity index (χ2v) is 4.46. The quantitative estimate of drug-likeness (QED) is 0.702. The van der Waals surface area contributed by atoms with E-state index < -0.39 is 0 Å². The van der Waals surface area contributed by atoms with Crippen LogP contribution in [0.3, 0.4) is 0 Å². The van der Waals surface area contributed by atoms with Gasteiger partial charge in [-0.05, 0) is 19.4 Å².